The van der Waals surface area contributed by atoms with Crippen molar-refractivity contribution in [3.8, 4) is 6.07 Å². The Kier molecular flexibility index (Phi) is 4.30. The van der Waals surface area contributed by atoms with E-state index >= 15 is 0 Å². The molecule has 6 heteroatoms. The number of imide groups is 1. The molecular formula is C21H15N3O2S. The number of nitrogens with zero attached hydrogens (tertiary/aromatic N) is 2. The Labute approximate surface area is 160 Å². The zero-order chi connectivity index (χ0) is 19.0. The number of thioether (sulfide) groups is 1. The van der Waals surface area contributed by atoms with Gasteiger partial charge in [0.15, 0.2) is 0 Å². The van der Waals surface area contributed by atoms with Gasteiger partial charge in [-0.3, -0.25) is 14.9 Å². The third-order valence-electron chi connectivity index (χ3n) is 4.59. The molecule has 27 heavy (non-hydrogen) atoms. The SMILES string of the molecule is Cc1c(/C=C2/SC(=O)NC2=O)c2ccccc2n1Cc1cccc(C#N)c1. The molecule has 0 saturated carbocycles. The first-order chi connectivity index (χ1) is 13.1. The van der Waals surface area contributed by atoms with Gasteiger partial charge in [-0.2, -0.15) is 5.26 Å². The van der Waals surface area contributed by atoms with Crippen molar-refractivity contribution >= 4 is 39.9 Å². The van der Waals surface area contributed by atoms with E-state index in [4.69, 9.17) is 5.26 Å². The van der Waals surface area contributed by atoms with E-state index < -0.39 is 0 Å². The van der Waals surface area contributed by atoms with Crippen LogP contribution in [0.15, 0.2) is 53.4 Å². The Morgan fingerprint density at radius 1 is 1.19 bits per heavy atom. The summed E-state index contributed by atoms with van der Waals surface area (Å²) in [6.07, 6.45) is 1.78. The molecule has 1 aromatic heterocycles. The maximum absolute atomic E-state index is 11.9. The number of rotatable bonds is 3. The van der Waals surface area contributed by atoms with Gasteiger partial charge in [0.05, 0.1) is 16.5 Å². The van der Waals surface area contributed by atoms with Crippen LogP contribution in [0.1, 0.15) is 22.4 Å². The van der Waals surface area contributed by atoms with Gasteiger partial charge in [0.1, 0.15) is 0 Å². The third-order valence-corrected chi connectivity index (χ3v) is 5.40. The van der Waals surface area contributed by atoms with Crippen molar-refractivity contribution in [3.05, 3.63) is 75.8 Å². The number of carbonyl (C=O) groups excluding carboxylic acids is 2. The minimum atomic E-state index is -0.358. The van der Waals surface area contributed by atoms with Crippen LogP contribution in [0.5, 0.6) is 0 Å². The number of para-hydroxylation sites is 1. The molecule has 1 fully saturated rings. The summed E-state index contributed by atoms with van der Waals surface area (Å²) in [6.45, 7) is 2.61. The summed E-state index contributed by atoms with van der Waals surface area (Å²) in [5.74, 6) is -0.358. The predicted octanol–water partition coefficient (Wildman–Crippen LogP) is 4.19. The van der Waals surface area contributed by atoms with Gasteiger partial charge in [0.2, 0.25) is 0 Å². The lowest BCUT2D eigenvalue weighted by Gasteiger charge is -2.09. The number of carbonyl (C=O) groups is 2. The van der Waals surface area contributed by atoms with Crippen LogP contribution in [0.2, 0.25) is 0 Å². The fourth-order valence-corrected chi connectivity index (χ4v) is 3.98. The van der Waals surface area contributed by atoms with E-state index in [-0.39, 0.29) is 11.1 Å². The quantitative estimate of drug-likeness (QED) is 0.699. The van der Waals surface area contributed by atoms with Gasteiger partial charge < -0.3 is 4.57 Å². The van der Waals surface area contributed by atoms with E-state index in [1.807, 2.05) is 49.4 Å². The minimum Gasteiger partial charge on any atom is -0.340 e. The van der Waals surface area contributed by atoms with Crippen LogP contribution < -0.4 is 5.32 Å². The monoisotopic (exact) mass is 373 g/mol. The van der Waals surface area contributed by atoms with Crippen molar-refractivity contribution in [2.45, 2.75) is 13.5 Å². The molecule has 0 radical (unpaired) electrons. The van der Waals surface area contributed by atoms with Crippen molar-refractivity contribution in [3.63, 3.8) is 0 Å². The molecule has 2 aromatic carbocycles. The van der Waals surface area contributed by atoms with E-state index in [1.54, 1.807) is 12.1 Å². The van der Waals surface area contributed by atoms with Crippen LogP contribution in [0.3, 0.4) is 0 Å². The number of fused-ring (bicyclic) bond motifs is 1. The number of nitrogens with one attached hydrogen (secondary N) is 1. The molecule has 0 spiro atoms. The largest absolute Gasteiger partial charge is 0.340 e. The summed E-state index contributed by atoms with van der Waals surface area (Å²) >= 11 is 0.920. The second-order valence-corrected chi connectivity index (χ2v) is 7.28. The number of amides is 2. The van der Waals surface area contributed by atoms with Crippen LogP contribution in [-0.4, -0.2) is 15.7 Å². The summed E-state index contributed by atoms with van der Waals surface area (Å²) in [7, 11) is 0. The maximum Gasteiger partial charge on any atom is 0.290 e. The summed E-state index contributed by atoms with van der Waals surface area (Å²) in [5, 5.41) is 12.1. The van der Waals surface area contributed by atoms with Gasteiger partial charge in [-0.05, 0) is 48.5 Å². The molecule has 1 N–H and O–H groups in total. The van der Waals surface area contributed by atoms with Gasteiger partial charge >= 0.3 is 0 Å². The molecule has 0 aliphatic carbocycles. The summed E-state index contributed by atoms with van der Waals surface area (Å²) in [5.41, 5.74) is 4.62. The molecule has 0 atom stereocenters. The molecule has 0 bridgehead atoms. The predicted molar refractivity (Wildman–Crippen MR) is 106 cm³/mol. The number of nitriles is 1. The molecule has 1 saturated heterocycles. The van der Waals surface area contributed by atoms with Crippen molar-refractivity contribution in [2.75, 3.05) is 0 Å². The number of benzene rings is 2. The highest BCUT2D eigenvalue weighted by molar-refractivity contribution is 8.18. The lowest BCUT2D eigenvalue weighted by molar-refractivity contribution is -0.115. The van der Waals surface area contributed by atoms with E-state index in [0.29, 0.717) is 17.0 Å². The first kappa shape index (κ1) is 17.1. The first-order valence-electron chi connectivity index (χ1n) is 8.38. The summed E-state index contributed by atoms with van der Waals surface area (Å²) in [4.78, 5) is 23.8. The standard InChI is InChI=1S/C21H15N3O2S/c1-13-17(10-19-20(25)23-21(26)27-19)16-7-2-3-8-18(16)24(13)12-15-6-4-5-14(9-15)11-22/h2-10H,12H2,1H3,(H,23,25,26)/b19-10+. The fraction of sp³-hybridized carbons (Fsp3) is 0.0952. The van der Waals surface area contributed by atoms with Crippen LogP contribution in [0, 0.1) is 18.3 Å². The van der Waals surface area contributed by atoms with Crippen molar-refractivity contribution < 1.29 is 9.59 Å². The average Bonchev–Trinajstić information content (AvgIpc) is 3.13. The molecular weight excluding hydrogens is 358 g/mol. The molecule has 3 aromatic rings. The van der Waals surface area contributed by atoms with Crippen molar-refractivity contribution in [1.82, 2.24) is 9.88 Å². The smallest absolute Gasteiger partial charge is 0.290 e. The highest BCUT2D eigenvalue weighted by Gasteiger charge is 2.26. The molecule has 132 valence electrons. The fourth-order valence-electron chi connectivity index (χ4n) is 3.32. The van der Waals surface area contributed by atoms with Crippen molar-refractivity contribution in [1.29, 1.82) is 5.26 Å². The minimum absolute atomic E-state index is 0.346. The molecule has 1 aliphatic rings. The van der Waals surface area contributed by atoms with Gasteiger partial charge in [-0.25, -0.2) is 0 Å². The van der Waals surface area contributed by atoms with Crippen molar-refractivity contribution in [2.24, 2.45) is 0 Å². The topological polar surface area (TPSA) is 74.9 Å². The highest BCUT2D eigenvalue weighted by Crippen LogP contribution is 2.32. The van der Waals surface area contributed by atoms with Crippen LogP contribution >= 0.6 is 11.8 Å². The molecule has 0 unspecified atom stereocenters. The Morgan fingerprint density at radius 2 is 2.00 bits per heavy atom. The number of hydrogen-bond acceptors (Lipinski definition) is 4. The number of aromatic nitrogens is 1. The average molecular weight is 373 g/mol. The van der Waals surface area contributed by atoms with E-state index in [9.17, 15) is 9.59 Å². The Bertz CT molecular complexity index is 1170. The second kappa shape index (κ2) is 6.78. The number of hydrogen-bond donors (Lipinski definition) is 1. The van der Waals surface area contributed by atoms with Gasteiger partial charge in [0.25, 0.3) is 11.1 Å². The molecule has 1 aliphatic heterocycles. The second-order valence-electron chi connectivity index (χ2n) is 6.27. The zero-order valence-electron chi connectivity index (χ0n) is 14.5. The summed E-state index contributed by atoms with van der Waals surface area (Å²) < 4.78 is 2.16. The van der Waals surface area contributed by atoms with Crippen LogP contribution in [0.25, 0.3) is 17.0 Å². The van der Waals surface area contributed by atoms with E-state index in [0.717, 1.165) is 39.5 Å². The molecule has 2 amide bonds. The van der Waals surface area contributed by atoms with Crippen LogP contribution in [-0.2, 0) is 11.3 Å². The zero-order valence-corrected chi connectivity index (χ0v) is 15.3. The molecule has 5 nitrogen and oxygen atoms in total. The van der Waals surface area contributed by atoms with Gasteiger partial charge in [-0.15, -0.1) is 0 Å². The maximum atomic E-state index is 11.9. The third kappa shape index (κ3) is 3.14. The Balaban J connectivity index is 1.84. The lowest BCUT2D eigenvalue weighted by Crippen LogP contribution is -2.17. The molecule has 4 rings (SSSR count). The first-order valence-corrected chi connectivity index (χ1v) is 9.20. The van der Waals surface area contributed by atoms with Crippen LogP contribution in [0.4, 0.5) is 4.79 Å². The Hall–Kier alpha value is -3.30. The Morgan fingerprint density at radius 3 is 2.74 bits per heavy atom. The van der Waals surface area contributed by atoms with E-state index in [2.05, 4.69) is 16.0 Å². The van der Waals surface area contributed by atoms with Gasteiger partial charge in [-0.1, -0.05) is 30.3 Å². The van der Waals surface area contributed by atoms with Gasteiger partial charge in [0, 0.05) is 28.7 Å². The van der Waals surface area contributed by atoms with E-state index in [1.165, 1.54) is 0 Å². The lowest BCUT2D eigenvalue weighted by atomic mass is 10.1. The highest BCUT2D eigenvalue weighted by atomic mass is 32.2. The summed E-state index contributed by atoms with van der Waals surface area (Å²) in [6, 6.07) is 17.7. The normalized spacial score (nSPS) is 15.3. The molecule has 2 heterocycles.